The Balaban J connectivity index is 0.000000129. The third-order valence-electron chi connectivity index (χ3n) is 12.8. The molecular formula is C50H53N9O3. The summed E-state index contributed by atoms with van der Waals surface area (Å²) in [4.78, 5) is 65.8. The molecule has 3 amide bonds. The molecule has 4 aliphatic heterocycles. The minimum atomic E-state index is -0.460. The summed E-state index contributed by atoms with van der Waals surface area (Å²) < 4.78 is 0. The molecule has 6 aromatic rings. The van der Waals surface area contributed by atoms with Crippen LogP contribution in [0.15, 0.2) is 110 Å². The van der Waals surface area contributed by atoms with Gasteiger partial charge in [-0.25, -0.2) is 19.9 Å². The molecule has 62 heavy (non-hydrogen) atoms. The molecule has 0 spiro atoms. The zero-order valence-electron chi connectivity index (χ0n) is 37.0. The van der Waals surface area contributed by atoms with Crippen molar-refractivity contribution in [2.24, 2.45) is 0 Å². The van der Waals surface area contributed by atoms with E-state index in [4.69, 9.17) is 0 Å². The zero-order valence-corrected chi connectivity index (χ0v) is 37.0. The molecule has 3 aromatic carbocycles. The fourth-order valence-corrected chi connectivity index (χ4v) is 9.00. The van der Waals surface area contributed by atoms with Crippen molar-refractivity contribution < 1.29 is 14.4 Å². The van der Waals surface area contributed by atoms with E-state index in [1.165, 1.54) is 19.2 Å². The molecule has 0 N–H and O–H groups in total. The number of hydrogen-bond acceptors (Lipinski definition) is 9. The van der Waals surface area contributed by atoms with E-state index in [9.17, 15) is 14.4 Å². The molecule has 316 valence electrons. The van der Waals surface area contributed by atoms with Gasteiger partial charge >= 0.3 is 0 Å². The van der Waals surface area contributed by atoms with E-state index in [1.54, 1.807) is 33.3 Å². The van der Waals surface area contributed by atoms with Crippen molar-refractivity contribution in [2.75, 3.05) is 53.8 Å². The van der Waals surface area contributed by atoms with E-state index >= 15 is 0 Å². The zero-order chi connectivity index (χ0) is 44.1. The van der Waals surface area contributed by atoms with Crippen LogP contribution in [-0.2, 0) is 30.6 Å². The first-order valence-electron chi connectivity index (χ1n) is 21.0. The predicted octanol–water partition coefficient (Wildman–Crippen LogP) is 8.40. The van der Waals surface area contributed by atoms with Crippen molar-refractivity contribution >= 4 is 40.7 Å². The summed E-state index contributed by atoms with van der Waals surface area (Å²) in [5, 5.41) is 0. The van der Waals surface area contributed by atoms with Gasteiger partial charge in [0, 0.05) is 99.0 Å². The van der Waals surface area contributed by atoms with Gasteiger partial charge in [-0.1, -0.05) is 42.5 Å². The van der Waals surface area contributed by atoms with Gasteiger partial charge in [0.15, 0.2) is 0 Å². The molecular weight excluding hydrogens is 775 g/mol. The molecule has 10 rings (SSSR count). The van der Waals surface area contributed by atoms with Crippen LogP contribution in [0, 0.1) is 0 Å². The van der Waals surface area contributed by atoms with E-state index in [0.29, 0.717) is 0 Å². The third-order valence-corrected chi connectivity index (χ3v) is 12.8. The molecule has 0 bridgehead atoms. The Labute approximate surface area is 363 Å². The van der Waals surface area contributed by atoms with E-state index in [0.717, 1.165) is 86.3 Å². The van der Waals surface area contributed by atoms with Crippen molar-refractivity contribution in [3.8, 4) is 33.5 Å². The van der Waals surface area contributed by atoms with Crippen molar-refractivity contribution in [3.63, 3.8) is 0 Å². The number of carbonyl (C=O) groups is 3. The van der Waals surface area contributed by atoms with Crippen LogP contribution in [0.5, 0.6) is 0 Å². The maximum absolute atomic E-state index is 12.4. The summed E-state index contributed by atoms with van der Waals surface area (Å²) in [5.41, 5.74) is 10.8. The molecule has 0 aliphatic carbocycles. The molecule has 1 saturated heterocycles. The van der Waals surface area contributed by atoms with Gasteiger partial charge in [-0.15, -0.1) is 0 Å². The summed E-state index contributed by atoms with van der Waals surface area (Å²) in [5.74, 6) is 1.21. The normalized spacial score (nSPS) is 17.5. The highest BCUT2D eigenvalue weighted by Gasteiger charge is 2.44. The number of pyridine rings is 1. The minimum absolute atomic E-state index is 0.129. The number of anilines is 4. The third kappa shape index (κ3) is 7.26. The molecule has 3 aromatic heterocycles. The molecule has 12 heteroatoms. The van der Waals surface area contributed by atoms with Gasteiger partial charge in [-0.05, 0) is 113 Å². The Morgan fingerprint density at radius 2 is 0.903 bits per heavy atom. The molecule has 0 saturated carbocycles. The van der Waals surface area contributed by atoms with Gasteiger partial charge < -0.3 is 19.6 Å². The highest BCUT2D eigenvalue weighted by molar-refractivity contribution is 6.09. The Hall–Kier alpha value is -6.82. The Bertz CT molecular complexity index is 2560. The summed E-state index contributed by atoms with van der Waals surface area (Å²) in [7, 11) is 5.49. The highest BCUT2D eigenvalue weighted by Crippen LogP contribution is 2.45. The van der Waals surface area contributed by atoms with Gasteiger partial charge in [0.05, 0.1) is 21.9 Å². The van der Waals surface area contributed by atoms with Crippen LogP contribution >= 0.6 is 0 Å². The van der Waals surface area contributed by atoms with Crippen LogP contribution < -0.4 is 19.6 Å². The Morgan fingerprint density at radius 1 is 0.484 bits per heavy atom. The van der Waals surface area contributed by atoms with Gasteiger partial charge in [-0.2, -0.15) is 0 Å². The maximum Gasteiger partial charge on any atom is 0.236 e. The summed E-state index contributed by atoms with van der Waals surface area (Å²) in [6.07, 6.45) is 13.0. The monoisotopic (exact) mass is 827 g/mol. The van der Waals surface area contributed by atoms with Crippen molar-refractivity contribution in [1.82, 2.24) is 24.9 Å². The van der Waals surface area contributed by atoms with Gasteiger partial charge in [0.1, 0.15) is 6.33 Å². The number of fused-ring (bicyclic) bond motifs is 3. The Kier molecular flexibility index (Phi) is 10.7. The first-order chi connectivity index (χ1) is 29.5. The quantitative estimate of drug-likeness (QED) is 0.172. The first-order valence-corrected chi connectivity index (χ1v) is 21.0. The van der Waals surface area contributed by atoms with Crippen molar-refractivity contribution in [2.45, 2.75) is 70.6 Å². The van der Waals surface area contributed by atoms with Crippen LogP contribution in [0.25, 0.3) is 33.5 Å². The second kappa shape index (κ2) is 15.9. The van der Waals surface area contributed by atoms with Crippen LogP contribution in [0.1, 0.15) is 71.1 Å². The lowest BCUT2D eigenvalue weighted by Crippen LogP contribution is -2.33. The number of rotatable bonds is 4. The van der Waals surface area contributed by atoms with Crippen LogP contribution in [0.3, 0.4) is 0 Å². The fraction of sp³-hybridized carbons (Fsp3) is 0.320. The van der Waals surface area contributed by atoms with Crippen LogP contribution in [0.4, 0.5) is 23.0 Å². The van der Waals surface area contributed by atoms with E-state index in [2.05, 4.69) is 48.0 Å². The smallest absolute Gasteiger partial charge is 0.236 e. The fourth-order valence-electron chi connectivity index (χ4n) is 9.00. The lowest BCUT2D eigenvalue weighted by atomic mass is 9.85. The van der Waals surface area contributed by atoms with E-state index in [-0.39, 0.29) is 17.7 Å². The van der Waals surface area contributed by atoms with Gasteiger partial charge in [-0.3, -0.25) is 19.4 Å². The van der Waals surface area contributed by atoms with Crippen molar-refractivity contribution in [3.05, 3.63) is 127 Å². The van der Waals surface area contributed by atoms with Crippen LogP contribution in [-0.4, -0.2) is 76.9 Å². The number of likely N-dealkylation sites (N-methyl/N-ethyl adjacent to an activating group) is 3. The Morgan fingerprint density at radius 3 is 1.34 bits per heavy atom. The molecule has 7 heterocycles. The van der Waals surface area contributed by atoms with E-state index in [1.807, 2.05) is 130 Å². The largest absolute Gasteiger partial charge is 0.341 e. The number of aromatic nitrogens is 5. The van der Waals surface area contributed by atoms with Crippen LogP contribution in [0.2, 0.25) is 0 Å². The lowest BCUT2D eigenvalue weighted by Gasteiger charge is -2.16. The predicted molar refractivity (Wildman–Crippen MR) is 245 cm³/mol. The minimum Gasteiger partial charge on any atom is -0.341 e. The highest BCUT2D eigenvalue weighted by atomic mass is 16.2. The average molecular weight is 828 g/mol. The second-order valence-electron chi connectivity index (χ2n) is 18.0. The van der Waals surface area contributed by atoms with Gasteiger partial charge in [0.25, 0.3) is 0 Å². The van der Waals surface area contributed by atoms with E-state index < -0.39 is 16.2 Å². The SMILES string of the molecule is CN1C(=O)C(C)(C)c2ccc(-c3ccccn3)cc21.CN1C(=O)C(C)(C)c2ccc(-c3cnc(N4CCCC4)nc3)cc21.CN1C(=O)C(C)(C)c2ccc(-c3cncnc3)cc21. The molecule has 1 fully saturated rings. The van der Waals surface area contributed by atoms with Crippen molar-refractivity contribution in [1.29, 1.82) is 0 Å². The summed E-state index contributed by atoms with van der Waals surface area (Å²) in [6, 6.07) is 24.2. The number of amides is 3. The standard InChI is InChI=1S/C19H22N4O.C16H16N2O.C15H15N3O/c1-19(2)15-7-6-13(10-16(15)22(3)17(19)24)14-11-20-18(21-12-14)23-8-4-5-9-23;1-16(2)12-8-7-11(13-6-4-5-9-17-13)10-14(12)18(3)15(16)19;1-15(2)12-5-4-10(11-7-16-9-17-8-11)6-13(12)18(3)14(15)19/h6-7,10-12H,4-5,8-9H2,1-3H3;4-10H,1-3H3;4-9H,1-3H3. The number of benzene rings is 3. The topological polar surface area (TPSA) is 129 Å². The molecule has 0 radical (unpaired) electrons. The molecule has 12 nitrogen and oxygen atoms in total. The second-order valence-corrected chi connectivity index (χ2v) is 18.0. The summed E-state index contributed by atoms with van der Waals surface area (Å²) in [6.45, 7) is 13.9. The molecule has 0 atom stereocenters. The average Bonchev–Trinajstić information content (AvgIpc) is 3.99. The maximum atomic E-state index is 12.4. The molecule has 4 aliphatic rings. The molecule has 0 unspecified atom stereocenters. The number of carbonyl (C=O) groups excluding carboxylic acids is 3. The summed E-state index contributed by atoms with van der Waals surface area (Å²) >= 11 is 0. The number of nitrogens with zero attached hydrogens (tertiary/aromatic N) is 9. The van der Waals surface area contributed by atoms with Gasteiger partial charge in [0.2, 0.25) is 23.7 Å². The first kappa shape index (κ1) is 41.9. The lowest BCUT2D eigenvalue weighted by molar-refractivity contribution is -0.122. The number of hydrogen-bond donors (Lipinski definition) is 0.